The van der Waals surface area contributed by atoms with Crippen LogP contribution in [0.2, 0.25) is 5.02 Å². The molecule has 0 amide bonds. The molecule has 0 unspecified atom stereocenters. The SMILES string of the molecule is O=S(=O)(c1ccc(Cl)c2nonc12)N1CCC2(CC1)OCc1ccccc12. The summed E-state index contributed by atoms with van der Waals surface area (Å²) in [4.78, 5) is 0.0619. The number of hydrogen-bond donors (Lipinski definition) is 0. The Hall–Kier alpha value is -2.00. The van der Waals surface area contributed by atoms with Crippen LogP contribution in [0.4, 0.5) is 0 Å². The average Bonchev–Trinajstić information content (AvgIpc) is 3.29. The second-order valence-corrected chi connectivity index (χ2v) is 9.16. The van der Waals surface area contributed by atoms with E-state index in [0.29, 0.717) is 37.6 Å². The highest BCUT2D eigenvalue weighted by Gasteiger charge is 2.45. The van der Waals surface area contributed by atoms with Crippen LogP contribution in [0, 0.1) is 0 Å². The molecule has 0 N–H and O–H groups in total. The van der Waals surface area contributed by atoms with Crippen LogP contribution in [-0.4, -0.2) is 36.1 Å². The molecule has 5 rings (SSSR count). The molecule has 7 nitrogen and oxygen atoms in total. The molecule has 3 aromatic rings. The van der Waals surface area contributed by atoms with Crippen LogP contribution in [0.15, 0.2) is 45.9 Å². The number of fused-ring (bicyclic) bond motifs is 3. The fourth-order valence-corrected chi connectivity index (χ4v) is 5.79. The number of sulfonamides is 1. The van der Waals surface area contributed by atoms with Gasteiger partial charge in [0.15, 0.2) is 11.0 Å². The highest BCUT2D eigenvalue weighted by molar-refractivity contribution is 7.89. The van der Waals surface area contributed by atoms with Crippen LogP contribution in [0.25, 0.3) is 11.0 Å². The maximum absolute atomic E-state index is 13.2. The molecule has 1 saturated heterocycles. The lowest BCUT2D eigenvalue weighted by molar-refractivity contribution is -0.0688. The van der Waals surface area contributed by atoms with Crippen molar-refractivity contribution in [1.29, 1.82) is 0 Å². The standard InChI is InChI=1S/C18H16ClN3O4S/c19-14-5-6-15(17-16(14)20-26-21-17)27(23,24)22-9-7-18(8-10-22)13-4-2-1-3-12(13)11-25-18/h1-6H,7-11H2. The van der Waals surface area contributed by atoms with Crippen molar-refractivity contribution in [3.05, 3.63) is 52.5 Å². The first-order valence-electron chi connectivity index (χ1n) is 8.65. The van der Waals surface area contributed by atoms with Crippen LogP contribution >= 0.6 is 11.6 Å². The lowest BCUT2D eigenvalue weighted by atomic mass is 9.84. The summed E-state index contributed by atoms with van der Waals surface area (Å²) in [6, 6.07) is 11.1. The van der Waals surface area contributed by atoms with Crippen molar-refractivity contribution in [2.75, 3.05) is 13.1 Å². The number of halogens is 1. The quantitative estimate of drug-likeness (QED) is 0.651. The van der Waals surface area contributed by atoms with Crippen LogP contribution in [0.3, 0.4) is 0 Å². The van der Waals surface area contributed by atoms with Crippen molar-refractivity contribution in [2.45, 2.75) is 29.9 Å². The average molecular weight is 406 g/mol. The second kappa shape index (κ2) is 6.00. The lowest BCUT2D eigenvalue weighted by Gasteiger charge is -2.38. The van der Waals surface area contributed by atoms with Crippen LogP contribution < -0.4 is 0 Å². The summed E-state index contributed by atoms with van der Waals surface area (Å²) in [5.74, 6) is 0. The third kappa shape index (κ3) is 2.51. The second-order valence-electron chi connectivity index (χ2n) is 6.85. The molecule has 2 aromatic carbocycles. The van der Waals surface area contributed by atoms with E-state index in [2.05, 4.69) is 22.4 Å². The number of rotatable bonds is 2. The van der Waals surface area contributed by atoms with E-state index >= 15 is 0 Å². The molecule has 9 heteroatoms. The lowest BCUT2D eigenvalue weighted by Crippen LogP contribution is -2.45. The van der Waals surface area contributed by atoms with Crippen molar-refractivity contribution in [1.82, 2.24) is 14.6 Å². The summed E-state index contributed by atoms with van der Waals surface area (Å²) in [5, 5.41) is 7.74. The molecule has 0 saturated carbocycles. The molecule has 2 aliphatic heterocycles. The van der Waals surface area contributed by atoms with Gasteiger partial charge in [-0.1, -0.05) is 35.9 Å². The number of ether oxygens (including phenoxy) is 1. The molecule has 3 heterocycles. The Morgan fingerprint density at radius 2 is 1.78 bits per heavy atom. The van der Waals surface area contributed by atoms with Gasteiger partial charge < -0.3 is 4.74 Å². The topological polar surface area (TPSA) is 85.5 Å². The van der Waals surface area contributed by atoms with E-state index in [1.807, 2.05) is 12.1 Å². The maximum atomic E-state index is 13.2. The van der Waals surface area contributed by atoms with Crippen LogP contribution in [0.1, 0.15) is 24.0 Å². The Balaban J connectivity index is 1.45. The van der Waals surface area contributed by atoms with Crippen molar-refractivity contribution in [3.8, 4) is 0 Å². The first-order chi connectivity index (χ1) is 13.0. The fourth-order valence-electron chi connectivity index (χ4n) is 4.05. The molecule has 27 heavy (non-hydrogen) atoms. The molecule has 140 valence electrons. The molecule has 0 aliphatic carbocycles. The van der Waals surface area contributed by atoms with Crippen LogP contribution in [0.5, 0.6) is 0 Å². The van der Waals surface area contributed by atoms with Gasteiger partial charge >= 0.3 is 0 Å². The van der Waals surface area contributed by atoms with E-state index in [0.717, 1.165) is 0 Å². The summed E-state index contributed by atoms with van der Waals surface area (Å²) in [6.07, 6.45) is 1.22. The number of aromatic nitrogens is 2. The van der Waals surface area contributed by atoms with E-state index in [9.17, 15) is 8.42 Å². The van der Waals surface area contributed by atoms with Gasteiger partial charge in [0.1, 0.15) is 4.90 Å². The number of piperidine rings is 1. The Morgan fingerprint density at radius 3 is 2.59 bits per heavy atom. The normalized spacial score (nSPS) is 19.6. The van der Waals surface area contributed by atoms with Crippen molar-refractivity contribution < 1.29 is 17.8 Å². The third-order valence-corrected chi connectivity index (χ3v) is 7.72. The van der Waals surface area contributed by atoms with Crippen molar-refractivity contribution in [3.63, 3.8) is 0 Å². The predicted octanol–water partition coefficient (Wildman–Crippen LogP) is 3.09. The van der Waals surface area contributed by atoms with Gasteiger partial charge in [-0.3, -0.25) is 0 Å². The molecule has 1 spiro atoms. The molecule has 2 aliphatic rings. The zero-order chi connectivity index (χ0) is 18.6. The first-order valence-corrected chi connectivity index (χ1v) is 10.5. The largest absolute Gasteiger partial charge is 0.365 e. The Morgan fingerprint density at radius 1 is 1.04 bits per heavy atom. The van der Waals surface area contributed by atoms with Gasteiger partial charge in [-0.25, -0.2) is 13.0 Å². The molecule has 0 radical (unpaired) electrons. The Kier molecular flexibility index (Phi) is 3.80. The van der Waals surface area contributed by atoms with Gasteiger partial charge in [0.05, 0.1) is 17.2 Å². The zero-order valence-electron chi connectivity index (χ0n) is 14.3. The van der Waals surface area contributed by atoms with Crippen molar-refractivity contribution >= 4 is 32.7 Å². The molecule has 1 fully saturated rings. The predicted molar refractivity (Wildman–Crippen MR) is 97.7 cm³/mol. The third-order valence-electron chi connectivity index (χ3n) is 5.49. The van der Waals surface area contributed by atoms with Crippen molar-refractivity contribution in [2.24, 2.45) is 0 Å². The van der Waals surface area contributed by atoms with Crippen LogP contribution in [-0.2, 0) is 27.0 Å². The number of hydrogen-bond acceptors (Lipinski definition) is 6. The first kappa shape index (κ1) is 17.1. The molecular formula is C18H16ClN3O4S. The van der Waals surface area contributed by atoms with Gasteiger partial charge in [0.2, 0.25) is 10.0 Å². The minimum absolute atomic E-state index is 0.0619. The highest BCUT2D eigenvalue weighted by Crippen LogP contribution is 2.45. The Labute approximate surface area is 160 Å². The van der Waals surface area contributed by atoms with E-state index in [4.69, 9.17) is 21.0 Å². The van der Waals surface area contributed by atoms with Gasteiger partial charge in [-0.05, 0) is 46.4 Å². The van der Waals surface area contributed by atoms with Gasteiger partial charge in [-0.2, -0.15) is 4.31 Å². The summed E-state index contributed by atoms with van der Waals surface area (Å²) in [7, 11) is -3.74. The summed E-state index contributed by atoms with van der Waals surface area (Å²) >= 11 is 6.05. The highest BCUT2D eigenvalue weighted by atomic mass is 35.5. The Bertz CT molecular complexity index is 1140. The molecule has 0 bridgehead atoms. The summed E-state index contributed by atoms with van der Waals surface area (Å²) in [5.41, 5.74) is 2.37. The van der Waals surface area contributed by atoms with E-state index in [1.54, 1.807) is 0 Å². The van der Waals surface area contributed by atoms with Gasteiger partial charge in [-0.15, -0.1) is 0 Å². The smallest absolute Gasteiger partial charge is 0.245 e. The van der Waals surface area contributed by atoms with Gasteiger partial charge in [0, 0.05) is 13.1 Å². The van der Waals surface area contributed by atoms with E-state index in [1.165, 1.54) is 27.6 Å². The monoisotopic (exact) mass is 405 g/mol. The molecular weight excluding hydrogens is 390 g/mol. The number of nitrogens with zero attached hydrogens (tertiary/aromatic N) is 3. The fraction of sp³-hybridized carbons (Fsp3) is 0.333. The van der Waals surface area contributed by atoms with Gasteiger partial charge in [0.25, 0.3) is 0 Å². The molecule has 0 atom stereocenters. The zero-order valence-corrected chi connectivity index (χ0v) is 15.8. The van der Waals surface area contributed by atoms with E-state index in [-0.39, 0.29) is 15.9 Å². The minimum Gasteiger partial charge on any atom is -0.365 e. The minimum atomic E-state index is -3.74. The maximum Gasteiger partial charge on any atom is 0.245 e. The molecule has 1 aromatic heterocycles. The summed E-state index contributed by atoms with van der Waals surface area (Å²) in [6.45, 7) is 1.31. The van der Waals surface area contributed by atoms with E-state index < -0.39 is 15.6 Å². The summed E-state index contributed by atoms with van der Waals surface area (Å²) < 4.78 is 38.7. The number of benzene rings is 2.